The van der Waals surface area contributed by atoms with Gasteiger partial charge in [0.25, 0.3) is 5.91 Å². The van der Waals surface area contributed by atoms with Crippen LogP contribution < -0.4 is 10.6 Å². The lowest BCUT2D eigenvalue weighted by atomic mass is 10.2. The summed E-state index contributed by atoms with van der Waals surface area (Å²) in [6, 6.07) is 2.27. The van der Waals surface area contributed by atoms with Crippen molar-refractivity contribution in [2.75, 3.05) is 13.1 Å². The monoisotopic (exact) mass is 321 g/mol. The summed E-state index contributed by atoms with van der Waals surface area (Å²) >= 11 is 3.36. The molecule has 1 atom stereocenters. The second-order valence-corrected chi connectivity index (χ2v) is 5.07. The second kappa shape index (κ2) is 6.42. The average Bonchev–Trinajstić information content (AvgIpc) is 2.84. The van der Waals surface area contributed by atoms with E-state index in [2.05, 4.69) is 26.6 Å². The first kappa shape index (κ1) is 14.5. The first-order chi connectivity index (χ1) is 7.66. The second-order valence-electron chi connectivity index (χ2n) is 4.16. The highest BCUT2D eigenvalue weighted by molar-refractivity contribution is 9.10. The van der Waals surface area contributed by atoms with Gasteiger partial charge in [0.15, 0.2) is 0 Å². The molecule has 1 amide bonds. The zero-order chi connectivity index (χ0) is 11.5. The number of halogens is 2. The maximum absolute atomic E-state index is 11.9. The molecule has 1 unspecified atom stereocenters. The molecular weight excluding hydrogens is 305 g/mol. The third kappa shape index (κ3) is 3.72. The minimum absolute atomic E-state index is 0. The normalized spacial score (nSPS) is 18.8. The van der Waals surface area contributed by atoms with Gasteiger partial charge >= 0.3 is 0 Å². The molecule has 2 N–H and O–H groups in total. The molecule has 2 heterocycles. The van der Waals surface area contributed by atoms with Crippen molar-refractivity contribution >= 4 is 34.2 Å². The van der Waals surface area contributed by atoms with Crippen LogP contribution in [0.25, 0.3) is 0 Å². The summed E-state index contributed by atoms with van der Waals surface area (Å²) in [5.74, 6) is -0.0121. The molecule has 17 heavy (non-hydrogen) atoms. The van der Waals surface area contributed by atoms with Crippen molar-refractivity contribution < 1.29 is 4.79 Å². The maximum Gasteiger partial charge on any atom is 0.267 e. The van der Waals surface area contributed by atoms with Crippen LogP contribution in [0.4, 0.5) is 0 Å². The number of hydrogen-bond donors (Lipinski definition) is 2. The molecule has 2 rings (SSSR count). The van der Waals surface area contributed by atoms with Crippen LogP contribution in [0.3, 0.4) is 0 Å². The molecule has 1 saturated heterocycles. The Labute approximate surface area is 116 Å². The van der Waals surface area contributed by atoms with Crippen LogP contribution in [-0.2, 0) is 7.05 Å². The first-order valence-electron chi connectivity index (χ1n) is 5.50. The third-order valence-electron chi connectivity index (χ3n) is 2.88. The van der Waals surface area contributed by atoms with Gasteiger partial charge in [0.1, 0.15) is 5.69 Å². The van der Waals surface area contributed by atoms with Crippen molar-refractivity contribution in [3.8, 4) is 0 Å². The van der Waals surface area contributed by atoms with Crippen LogP contribution in [0.5, 0.6) is 0 Å². The SMILES string of the molecule is Cl.Cn1cc(Br)cc1C(=O)NCC1CCCN1. The van der Waals surface area contributed by atoms with Gasteiger partial charge in [-0.15, -0.1) is 12.4 Å². The summed E-state index contributed by atoms with van der Waals surface area (Å²) in [4.78, 5) is 11.9. The summed E-state index contributed by atoms with van der Waals surface area (Å²) in [7, 11) is 1.87. The van der Waals surface area contributed by atoms with Crippen LogP contribution in [0.2, 0.25) is 0 Å². The molecule has 96 valence electrons. The van der Waals surface area contributed by atoms with Crippen LogP contribution in [-0.4, -0.2) is 29.6 Å². The summed E-state index contributed by atoms with van der Waals surface area (Å²) in [5, 5.41) is 6.30. The van der Waals surface area contributed by atoms with Crippen LogP contribution in [0.1, 0.15) is 23.3 Å². The molecule has 1 aliphatic rings. The molecule has 1 fully saturated rings. The molecule has 1 aliphatic heterocycles. The number of rotatable bonds is 3. The number of carbonyl (C=O) groups excluding carboxylic acids is 1. The molecule has 1 aromatic rings. The smallest absolute Gasteiger partial charge is 0.267 e. The van der Waals surface area contributed by atoms with Crippen molar-refractivity contribution in [1.29, 1.82) is 0 Å². The van der Waals surface area contributed by atoms with E-state index in [0.717, 1.165) is 17.4 Å². The van der Waals surface area contributed by atoms with Crippen LogP contribution in [0.15, 0.2) is 16.7 Å². The molecule has 0 bridgehead atoms. The number of nitrogens with zero attached hydrogens (tertiary/aromatic N) is 1. The highest BCUT2D eigenvalue weighted by Gasteiger charge is 2.16. The number of aryl methyl sites for hydroxylation is 1. The maximum atomic E-state index is 11.9. The van der Waals surface area contributed by atoms with E-state index in [9.17, 15) is 4.79 Å². The van der Waals surface area contributed by atoms with Gasteiger partial charge < -0.3 is 15.2 Å². The standard InChI is InChI=1S/C11H16BrN3O.ClH/c1-15-7-8(12)5-10(15)11(16)14-6-9-3-2-4-13-9;/h5,7,9,13H,2-4,6H2,1H3,(H,14,16);1H. The molecule has 0 radical (unpaired) electrons. The Morgan fingerprint density at radius 1 is 1.71 bits per heavy atom. The molecule has 6 heteroatoms. The molecule has 4 nitrogen and oxygen atoms in total. The molecule has 1 aromatic heterocycles. The van der Waals surface area contributed by atoms with E-state index in [4.69, 9.17) is 0 Å². The molecule has 0 spiro atoms. The lowest BCUT2D eigenvalue weighted by Crippen LogP contribution is -2.37. The van der Waals surface area contributed by atoms with Gasteiger partial charge in [0.05, 0.1) is 0 Å². The minimum atomic E-state index is -0.0121. The van der Waals surface area contributed by atoms with E-state index in [1.807, 2.05) is 23.9 Å². The van der Waals surface area contributed by atoms with Gasteiger partial charge in [-0.2, -0.15) is 0 Å². The van der Waals surface area contributed by atoms with Crippen LogP contribution in [0, 0.1) is 0 Å². The van der Waals surface area contributed by atoms with Gasteiger partial charge in [-0.25, -0.2) is 0 Å². The Morgan fingerprint density at radius 2 is 2.47 bits per heavy atom. The molecule has 0 saturated carbocycles. The van der Waals surface area contributed by atoms with Crippen molar-refractivity contribution in [3.05, 3.63) is 22.4 Å². The Bertz CT molecular complexity index is 388. The van der Waals surface area contributed by atoms with E-state index >= 15 is 0 Å². The molecular formula is C11H17BrClN3O. The fourth-order valence-electron chi connectivity index (χ4n) is 1.99. The number of nitrogens with one attached hydrogen (secondary N) is 2. The predicted octanol–water partition coefficient (Wildman–Crippen LogP) is 1.69. The summed E-state index contributed by atoms with van der Waals surface area (Å²) in [6.45, 7) is 1.78. The van der Waals surface area contributed by atoms with E-state index in [0.29, 0.717) is 18.3 Å². The van der Waals surface area contributed by atoms with Gasteiger partial charge in [0, 0.05) is 30.3 Å². The summed E-state index contributed by atoms with van der Waals surface area (Å²) in [5.41, 5.74) is 0.685. The van der Waals surface area contributed by atoms with Crippen molar-refractivity contribution in [2.45, 2.75) is 18.9 Å². The number of amides is 1. The highest BCUT2D eigenvalue weighted by Crippen LogP contribution is 2.13. The summed E-state index contributed by atoms with van der Waals surface area (Å²) in [6.07, 6.45) is 4.23. The molecule has 0 aliphatic carbocycles. The Balaban J connectivity index is 0.00000144. The number of hydrogen-bond acceptors (Lipinski definition) is 2. The van der Waals surface area contributed by atoms with E-state index in [1.54, 1.807) is 0 Å². The zero-order valence-electron chi connectivity index (χ0n) is 9.70. The third-order valence-corrected chi connectivity index (χ3v) is 3.31. The fourth-order valence-corrected chi connectivity index (χ4v) is 2.51. The largest absolute Gasteiger partial charge is 0.349 e. The average molecular weight is 323 g/mol. The zero-order valence-corrected chi connectivity index (χ0v) is 12.1. The van der Waals surface area contributed by atoms with E-state index < -0.39 is 0 Å². The van der Waals surface area contributed by atoms with Crippen LogP contribution >= 0.6 is 28.3 Å². The molecule has 0 aromatic carbocycles. The topological polar surface area (TPSA) is 46.1 Å². The number of carbonyl (C=O) groups is 1. The predicted molar refractivity (Wildman–Crippen MR) is 73.7 cm³/mol. The lowest BCUT2D eigenvalue weighted by Gasteiger charge is -2.11. The lowest BCUT2D eigenvalue weighted by molar-refractivity contribution is 0.0942. The van der Waals surface area contributed by atoms with Crippen molar-refractivity contribution in [2.24, 2.45) is 7.05 Å². The van der Waals surface area contributed by atoms with Crippen molar-refractivity contribution in [1.82, 2.24) is 15.2 Å². The van der Waals surface area contributed by atoms with Gasteiger partial charge in [-0.1, -0.05) is 0 Å². The van der Waals surface area contributed by atoms with E-state index in [-0.39, 0.29) is 18.3 Å². The Hall–Kier alpha value is -0.520. The van der Waals surface area contributed by atoms with Gasteiger partial charge in [0.2, 0.25) is 0 Å². The Kier molecular flexibility index (Phi) is 5.49. The van der Waals surface area contributed by atoms with Gasteiger partial charge in [-0.3, -0.25) is 4.79 Å². The van der Waals surface area contributed by atoms with Gasteiger partial charge in [-0.05, 0) is 41.4 Å². The first-order valence-corrected chi connectivity index (χ1v) is 6.29. The highest BCUT2D eigenvalue weighted by atomic mass is 79.9. The number of aromatic nitrogens is 1. The Morgan fingerprint density at radius 3 is 3.00 bits per heavy atom. The fraction of sp³-hybridized carbons (Fsp3) is 0.545. The minimum Gasteiger partial charge on any atom is -0.349 e. The quantitative estimate of drug-likeness (QED) is 0.889. The summed E-state index contributed by atoms with van der Waals surface area (Å²) < 4.78 is 2.75. The van der Waals surface area contributed by atoms with Crippen molar-refractivity contribution in [3.63, 3.8) is 0 Å². The van der Waals surface area contributed by atoms with E-state index in [1.165, 1.54) is 6.42 Å².